The van der Waals surface area contributed by atoms with Crippen LogP contribution in [-0.2, 0) is 30.5 Å². The predicted molar refractivity (Wildman–Crippen MR) is 373 cm³/mol. The Morgan fingerprint density at radius 2 is 1.36 bits per heavy atom. The highest BCUT2D eigenvalue weighted by atomic mass is 16.2. The first-order valence-corrected chi connectivity index (χ1v) is 34.6. The number of fused-ring (bicyclic) bond motifs is 11. The summed E-state index contributed by atoms with van der Waals surface area (Å²) in [4.78, 5) is 61.3. The van der Waals surface area contributed by atoms with Gasteiger partial charge in [0.1, 0.15) is 11.4 Å². The Bertz CT molecular complexity index is 4540. The van der Waals surface area contributed by atoms with E-state index in [-0.39, 0.29) is 29.6 Å². The molecule has 7 aromatic heterocycles. The summed E-state index contributed by atoms with van der Waals surface area (Å²) in [6.07, 6.45) is 29.9. The van der Waals surface area contributed by atoms with Gasteiger partial charge in [0.05, 0.1) is 75.6 Å². The molecule has 2 fully saturated rings. The zero-order valence-electron chi connectivity index (χ0n) is 56.2. The molecule has 4 atom stereocenters. The number of ketones is 1. The molecule has 0 spiro atoms. The van der Waals surface area contributed by atoms with Crippen LogP contribution in [0.3, 0.4) is 0 Å². The number of hydrazone groups is 1. The number of pyridine rings is 2. The van der Waals surface area contributed by atoms with Crippen molar-refractivity contribution >= 4 is 73.5 Å². The number of piperidine rings is 1. The molecule has 0 saturated carbocycles. The number of aryl methyl sites for hydroxylation is 4. The first-order valence-electron chi connectivity index (χ1n) is 34.6. The van der Waals surface area contributed by atoms with Crippen LogP contribution in [0.25, 0.3) is 61.3 Å². The molecule has 3 unspecified atom stereocenters. The maximum Gasteiger partial charge on any atom is 0.275 e. The van der Waals surface area contributed by atoms with Crippen molar-refractivity contribution in [1.82, 2.24) is 81.1 Å². The number of hydrogen-bond acceptors (Lipinski definition) is 14. The largest absolute Gasteiger partial charge is 0.337 e. The molecule has 7 aliphatic rings. The topological polar surface area (TPSA) is 267 Å². The van der Waals surface area contributed by atoms with E-state index in [1.54, 1.807) is 0 Å². The van der Waals surface area contributed by atoms with Gasteiger partial charge in [0.25, 0.3) is 11.8 Å². The minimum atomic E-state index is -0.0743. The van der Waals surface area contributed by atoms with Crippen LogP contribution >= 0.6 is 0 Å². The summed E-state index contributed by atoms with van der Waals surface area (Å²) in [5.41, 5.74) is 26.5. The van der Waals surface area contributed by atoms with Crippen molar-refractivity contribution in [3.63, 3.8) is 0 Å². The standard InChI is InChI=1S/C25H31N7O.C25H28N6O.C24H29N5O/c1-14-18(12-26-28-14)23-17-7-5-4-6-16(17)21-19(27-23)8-9-20-22(21)24(30-29-20)25(33)32-11-10-15(13-32)31(2)3;1-14-6-5-11-31(13-14)25(32)24-22-20(29-30-24)10-9-19-21(22)16-7-3-4-8-17(16)23(27-19)18-12-26-28-15(18)2;1-15(2)9-12-22(30)24-19-13-18(10-11-21(19)28-29-24)26-23(17-7-5-4-6-8-17)20-14-25-27-16(20)3/h8-9,12,15,20,22,29H,4-7,10-11,13H2,1-3H3,(H,26,28);9-10,12,14H,3-8,11,13H2,1-2H3,(H,26,28)(H,29,30);7,10-11,13-15H,4-6,8-9,12H2,1-3H3,(H,25,27)(H,28,29)/t;14-;/m.0./s1. The second kappa shape index (κ2) is 26.9. The second-order valence-electron chi connectivity index (χ2n) is 28.0. The highest BCUT2D eigenvalue weighted by Gasteiger charge is 2.44. The Labute approximate surface area is 554 Å². The minimum Gasteiger partial charge on any atom is -0.337 e. The number of aromatic nitrogens is 12. The molecule has 2 aromatic carbocycles. The number of likely N-dealkylation sites (tertiary alicyclic amines) is 2. The second-order valence-corrected chi connectivity index (χ2v) is 28.0. The summed E-state index contributed by atoms with van der Waals surface area (Å²) in [5, 5.41) is 44.2. The lowest BCUT2D eigenvalue weighted by Gasteiger charge is -2.31. The summed E-state index contributed by atoms with van der Waals surface area (Å²) < 4.78 is 0. The van der Waals surface area contributed by atoms with Crippen LogP contribution in [0.5, 0.6) is 0 Å². The summed E-state index contributed by atoms with van der Waals surface area (Å²) in [6.45, 7) is 15.7. The lowest BCUT2D eigenvalue weighted by atomic mass is 9.75. The van der Waals surface area contributed by atoms with Crippen molar-refractivity contribution in [3.05, 3.63) is 134 Å². The van der Waals surface area contributed by atoms with E-state index < -0.39 is 0 Å². The van der Waals surface area contributed by atoms with Crippen molar-refractivity contribution < 1.29 is 14.4 Å². The fraction of sp³-hybridized carbons (Fsp3) is 0.459. The molecule has 2 saturated heterocycles. The van der Waals surface area contributed by atoms with E-state index in [0.717, 1.165) is 192 Å². The van der Waals surface area contributed by atoms with Gasteiger partial charge in [0, 0.05) is 88.6 Å². The van der Waals surface area contributed by atoms with Crippen LogP contribution in [-0.4, -0.2) is 157 Å². The molecule has 9 aromatic rings. The van der Waals surface area contributed by atoms with Gasteiger partial charge in [0.15, 0.2) is 11.5 Å². The number of hydrogen-bond donors (Lipinski definition) is 6. The van der Waals surface area contributed by atoms with Crippen LogP contribution in [0.1, 0.15) is 187 Å². The van der Waals surface area contributed by atoms with Crippen molar-refractivity contribution in [2.75, 3.05) is 40.3 Å². The van der Waals surface area contributed by atoms with Crippen LogP contribution in [0.4, 0.5) is 5.69 Å². The number of carbonyl (C=O) groups is 3. The molecule has 16 rings (SSSR count). The van der Waals surface area contributed by atoms with Gasteiger partial charge in [-0.1, -0.05) is 32.9 Å². The zero-order valence-corrected chi connectivity index (χ0v) is 56.2. The Morgan fingerprint density at radius 1 is 0.684 bits per heavy atom. The molecule has 21 heteroatoms. The fourth-order valence-corrected chi connectivity index (χ4v) is 15.5. The van der Waals surface area contributed by atoms with Gasteiger partial charge in [-0.15, -0.1) is 0 Å². The molecule has 3 aliphatic heterocycles. The number of Topliss-reactive ketones (excluding diaryl/α,β-unsaturated/α-hetero) is 1. The van der Waals surface area contributed by atoms with E-state index in [1.165, 1.54) is 65.5 Å². The smallest absolute Gasteiger partial charge is 0.275 e. The number of benzene rings is 2. The van der Waals surface area contributed by atoms with E-state index in [0.29, 0.717) is 41.4 Å². The Morgan fingerprint density at radius 3 is 2.04 bits per heavy atom. The highest BCUT2D eigenvalue weighted by Crippen LogP contribution is 2.44. The summed E-state index contributed by atoms with van der Waals surface area (Å²) in [5.74, 6) is 1.13. The average molecular weight is 1280 g/mol. The molecule has 0 radical (unpaired) electrons. The third kappa shape index (κ3) is 12.4. The SMILES string of the molecule is Cc1[nH]ncc1-c1nc2c(c3c1CCCC3)C1C(C(=O)N3CCC(N(C)C)C3)=NNC1C=C2.Cc1[nH]ncc1-c1nc2ccc3[nH]nc(C(=O)N4CCC[C@H](C)C4)c3c2c2c1CCCC2.Cc1[nH]ncc1C(=Nc1ccc2[nH]nc(C(=O)CCC(C)C)c2c1)C1=CCCCC1. The summed E-state index contributed by atoms with van der Waals surface area (Å²) >= 11 is 0. The van der Waals surface area contributed by atoms with Gasteiger partial charge in [-0.3, -0.25) is 39.9 Å². The number of amides is 2. The third-order valence-corrected chi connectivity index (χ3v) is 20.7. The number of aromatic amines is 5. The Balaban J connectivity index is 0.000000123. The quantitative estimate of drug-likeness (QED) is 0.0493. The van der Waals surface area contributed by atoms with E-state index in [9.17, 15) is 14.4 Å². The molecule has 4 aliphatic carbocycles. The third-order valence-electron chi connectivity index (χ3n) is 20.7. The van der Waals surface area contributed by atoms with Gasteiger partial charge in [0.2, 0.25) is 0 Å². The molecule has 10 heterocycles. The lowest BCUT2D eigenvalue weighted by Crippen LogP contribution is -2.41. The normalized spacial score (nSPS) is 20.0. The van der Waals surface area contributed by atoms with Crippen molar-refractivity contribution in [1.29, 1.82) is 0 Å². The number of aliphatic imine (C=N–C) groups is 1. The number of rotatable bonds is 12. The maximum atomic E-state index is 13.6. The number of allylic oxidation sites excluding steroid dienone is 2. The van der Waals surface area contributed by atoms with Gasteiger partial charge in [-0.05, 0) is 219 Å². The van der Waals surface area contributed by atoms with Crippen molar-refractivity contribution in [3.8, 4) is 22.5 Å². The molecule has 21 nitrogen and oxygen atoms in total. The molecule has 95 heavy (non-hydrogen) atoms. The molecular weight excluding hydrogens is 1190 g/mol. The van der Waals surface area contributed by atoms with Crippen molar-refractivity contribution in [2.24, 2.45) is 21.9 Å². The number of nitrogens with zero attached hydrogens (tertiary/aromatic N) is 12. The lowest BCUT2D eigenvalue weighted by molar-refractivity contribution is -0.123. The zero-order chi connectivity index (χ0) is 65.6. The Hall–Kier alpha value is -9.24. The molecule has 2 amide bonds. The Kier molecular flexibility index (Phi) is 17.9. The molecule has 492 valence electrons. The fourth-order valence-electron chi connectivity index (χ4n) is 15.5. The summed E-state index contributed by atoms with van der Waals surface area (Å²) in [6, 6.07) is 10.4. The first-order chi connectivity index (χ1) is 46.2. The summed E-state index contributed by atoms with van der Waals surface area (Å²) in [7, 11) is 4.17. The number of likely N-dealkylation sites (N-methyl/N-ethyl adjacent to an activating group) is 1. The van der Waals surface area contributed by atoms with Gasteiger partial charge in [-0.2, -0.15) is 30.6 Å². The maximum absolute atomic E-state index is 13.6. The first kappa shape index (κ1) is 63.2. The van der Waals surface area contributed by atoms with Crippen LogP contribution in [0.15, 0.2) is 76.7 Å². The van der Waals surface area contributed by atoms with Crippen LogP contribution in [0.2, 0.25) is 0 Å². The predicted octanol–water partition coefficient (Wildman–Crippen LogP) is 12.7. The van der Waals surface area contributed by atoms with Crippen LogP contribution < -0.4 is 5.43 Å². The highest BCUT2D eigenvalue weighted by molar-refractivity contribution is 6.41. The number of nitrogens with one attached hydrogen (secondary N) is 6. The van der Waals surface area contributed by atoms with E-state index in [4.69, 9.17) is 15.0 Å². The molecule has 6 N–H and O–H groups in total. The number of carbonyl (C=O) groups excluding carboxylic acids is 3. The van der Waals surface area contributed by atoms with E-state index in [2.05, 4.69) is 126 Å². The van der Waals surface area contributed by atoms with Crippen LogP contribution in [0, 0.1) is 32.6 Å². The van der Waals surface area contributed by atoms with E-state index >= 15 is 0 Å². The minimum absolute atomic E-state index is 0.0121. The van der Waals surface area contributed by atoms with Gasteiger partial charge in [-0.25, -0.2) is 15.0 Å². The van der Waals surface area contributed by atoms with Gasteiger partial charge < -0.3 is 20.1 Å². The average Bonchev–Trinajstić information content (AvgIpc) is 1.72. The van der Waals surface area contributed by atoms with E-state index in [1.807, 2.05) is 73.4 Å². The monoisotopic (exact) mass is 1280 g/mol. The van der Waals surface area contributed by atoms with Crippen molar-refractivity contribution in [2.45, 2.75) is 169 Å². The molecule has 0 bridgehead atoms. The molecular formula is C74H88N18O3. The number of H-pyrrole nitrogens is 5. The van der Waals surface area contributed by atoms with Gasteiger partial charge >= 0.3 is 0 Å².